The molecule has 5 nitrogen and oxygen atoms in total. The zero-order chi connectivity index (χ0) is 12.5. The lowest BCUT2D eigenvalue weighted by molar-refractivity contribution is 0.233. The summed E-state index contributed by atoms with van der Waals surface area (Å²) >= 11 is 0. The Balaban J connectivity index is 1.89. The summed E-state index contributed by atoms with van der Waals surface area (Å²) in [5.74, 6) is 0.440. The maximum absolute atomic E-state index is 11.3. The summed E-state index contributed by atoms with van der Waals surface area (Å²) in [7, 11) is -2.83. The molecule has 2 aliphatic rings. The molecule has 2 rings (SSSR count). The summed E-state index contributed by atoms with van der Waals surface area (Å²) in [5.41, 5.74) is -0.553. The van der Waals surface area contributed by atoms with E-state index in [1.807, 2.05) is 6.92 Å². The molecule has 96 valence electrons. The maximum atomic E-state index is 11.3. The van der Waals surface area contributed by atoms with Gasteiger partial charge in [0.1, 0.15) is 5.54 Å². The van der Waals surface area contributed by atoms with Crippen molar-refractivity contribution in [1.29, 1.82) is 5.26 Å². The van der Waals surface area contributed by atoms with Crippen molar-refractivity contribution in [3.63, 3.8) is 0 Å². The molecular formula is C11H19N3O2S. The van der Waals surface area contributed by atoms with Crippen molar-refractivity contribution in [3.05, 3.63) is 0 Å². The fraction of sp³-hybridized carbons (Fsp3) is 0.909. The Hall–Kier alpha value is -0.640. The summed E-state index contributed by atoms with van der Waals surface area (Å²) < 4.78 is 22.6. The van der Waals surface area contributed by atoms with Crippen LogP contribution in [0.25, 0.3) is 0 Å². The Morgan fingerprint density at radius 1 is 1.41 bits per heavy atom. The predicted octanol–water partition coefficient (Wildman–Crippen LogP) is -0.249. The van der Waals surface area contributed by atoms with Crippen LogP contribution in [0.5, 0.6) is 0 Å². The van der Waals surface area contributed by atoms with E-state index in [0.717, 1.165) is 12.8 Å². The number of nitrogens with zero attached hydrogens (tertiary/aromatic N) is 2. The molecule has 0 spiro atoms. The van der Waals surface area contributed by atoms with Crippen LogP contribution in [-0.4, -0.2) is 56.0 Å². The second-order valence-corrected chi connectivity index (χ2v) is 7.59. The van der Waals surface area contributed by atoms with Crippen molar-refractivity contribution < 1.29 is 8.42 Å². The van der Waals surface area contributed by atoms with Gasteiger partial charge in [0.05, 0.1) is 17.6 Å². The Labute approximate surface area is 103 Å². The third-order valence-corrected chi connectivity index (χ3v) is 4.93. The van der Waals surface area contributed by atoms with Gasteiger partial charge in [-0.05, 0) is 19.8 Å². The Kier molecular flexibility index (Phi) is 3.43. The van der Waals surface area contributed by atoms with Crippen LogP contribution in [0.2, 0.25) is 0 Å². The third kappa shape index (κ3) is 3.66. The fourth-order valence-corrected chi connectivity index (χ4v) is 3.42. The van der Waals surface area contributed by atoms with E-state index in [4.69, 9.17) is 0 Å². The minimum Gasteiger partial charge on any atom is -0.298 e. The van der Waals surface area contributed by atoms with E-state index >= 15 is 0 Å². The van der Waals surface area contributed by atoms with Gasteiger partial charge in [0.15, 0.2) is 9.84 Å². The van der Waals surface area contributed by atoms with Crippen LogP contribution in [-0.2, 0) is 9.84 Å². The van der Waals surface area contributed by atoms with Gasteiger partial charge in [-0.1, -0.05) is 0 Å². The van der Waals surface area contributed by atoms with Crippen molar-refractivity contribution in [2.75, 3.05) is 31.1 Å². The molecule has 1 saturated carbocycles. The van der Waals surface area contributed by atoms with Crippen LogP contribution in [0.4, 0.5) is 0 Å². The quantitative estimate of drug-likeness (QED) is 0.752. The molecule has 1 aliphatic heterocycles. The average Bonchev–Trinajstić information content (AvgIpc) is 3.05. The molecule has 6 heteroatoms. The maximum Gasteiger partial charge on any atom is 0.152 e. The molecule has 0 aromatic heterocycles. The monoisotopic (exact) mass is 257 g/mol. The van der Waals surface area contributed by atoms with Gasteiger partial charge in [-0.25, -0.2) is 8.42 Å². The van der Waals surface area contributed by atoms with Gasteiger partial charge in [0, 0.05) is 25.7 Å². The molecule has 0 aromatic rings. The summed E-state index contributed by atoms with van der Waals surface area (Å²) in [6.45, 7) is 3.60. The first-order valence-corrected chi connectivity index (χ1v) is 7.86. The van der Waals surface area contributed by atoms with Crippen molar-refractivity contribution in [2.24, 2.45) is 0 Å². The lowest BCUT2D eigenvalue weighted by Crippen LogP contribution is -2.54. The van der Waals surface area contributed by atoms with E-state index < -0.39 is 15.4 Å². The van der Waals surface area contributed by atoms with E-state index in [0.29, 0.717) is 25.7 Å². The molecule has 0 aromatic carbocycles. The number of hydrogen-bond acceptors (Lipinski definition) is 5. The van der Waals surface area contributed by atoms with Crippen molar-refractivity contribution in [3.8, 4) is 6.07 Å². The van der Waals surface area contributed by atoms with Gasteiger partial charge in [-0.15, -0.1) is 0 Å². The second kappa shape index (κ2) is 4.56. The first-order valence-electron chi connectivity index (χ1n) is 6.04. The summed E-state index contributed by atoms with van der Waals surface area (Å²) in [6, 6.07) is 2.80. The standard InChI is InChI=1S/C11H19N3O2S/c1-11(8-12,13-10-2-3-10)9-14-4-6-17(15,16)7-5-14/h10,13H,2-7,9H2,1H3. The Morgan fingerprint density at radius 2 is 2.00 bits per heavy atom. The van der Waals surface area contributed by atoms with Gasteiger partial charge in [-0.3, -0.25) is 10.2 Å². The SMILES string of the molecule is CC(C#N)(CN1CCS(=O)(=O)CC1)NC1CC1. The minimum absolute atomic E-state index is 0.220. The molecule has 0 amide bonds. The number of nitrogens with one attached hydrogen (secondary N) is 1. The lowest BCUT2D eigenvalue weighted by Gasteiger charge is -2.33. The summed E-state index contributed by atoms with van der Waals surface area (Å²) in [6.07, 6.45) is 2.29. The van der Waals surface area contributed by atoms with Crippen molar-refractivity contribution in [1.82, 2.24) is 10.2 Å². The Morgan fingerprint density at radius 3 is 2.47 bits per heavy atom. The topological polar surface area (TPSA) is 73.2 Å². The molecule has 0 bridgehead atoms. The first-order chi connectivity index (χ1) is 7.92. The predicted molar refractivity (Wildman–Crippen MR) is 65.3 cm³/mol. The minimum atomic E-state index is -2.83. The summed E-state index contributed by atoms with van der Waals surface area (Å²) in [4.78, 5) is 2.07. The molecule has 1 aliphatic carbocycles. The van der Waals surface area contributed by atoms with E-state index in [1.54, 1.807) is 0 Å². The molecule has 1 atom stereocenters. The van der Waals surface area contributed by atoms with Gasteiger partial charge >= 0.3 is 0 Å². The highest BCUT2D eigenvalue weighted by atomic mass is 32.2. The highest BCUT2D eigenvalue weighted by Gasteiger charge is 2.35. The van der Waals surface area contributed by atoms with E-state index in [-0.39, 0.29) is 11.5 Å². The molecule has 2 fully saturated rings. The van der Waals surface area contributed by atoms with E-state index in [9.17, 15) is 13.7 Å². The largest absolute Gasteiger partial charge is 0.298 e. The molecule has 17 heavy (non-hydrogen) atoms. The number of sulfone groups is 1. The van der Waals surface area contributed by atoms with Gasteiger partial charge in [-0.2, -0.15) is 5.26 Å². The molecule has 1 N–H and O–H groups in total. The lowest BCUT2D eigenvalue weighted by atomic mass is 10.0. The zero-order valence-electron chi connectivity index (χ0n) is 10.1. The Bertz CT molecular complexity index is 410. The number of rotatable bonds is 4. The molecule has 1 saturated heterocycles. The van der Waals surface area contributed by atoms with Gasteiger partial charge in [0.25, 0.3) is 0 Å². The highest BCUT2D eigenvalue weighted by Crippen LogP contribution is 2.23. The van der Waals surface area contributed by atoms with Crippen LogP contribution in [0, 0.1) is 11.3 Å². The fourth-order valence-electron chi connectivity index (χ4n) is 2.15. The number of hydrogen-bond donors (Lipinski definition) is 1. The smallest absolute Gasteiger partial charge is 0.152 e. The zero-order valence-corrected chi connectivity index (χ0v) is 11.0. The van der Waals surface area contributed by atoms with Gasteiger partial charge in [0.2, 0.25) is 0 Å². The van der Waals surface area contributed by atoms with Crippen molar-refractivity contribution >= 4 is 9.84 Å². The number of nitriles is 1. The second-order valence-electron chi connectivity index (χ2n) is 5.29. The first kappa shape index (κ1) is 12.8. The summed E-state index contributed by atoms with van der Waals surface area (Å²) in [5, 5.41) is 12.6. The molecular weight excluding hydrogens is 238 g/mol. The molecule has 1 heterocycles. The highest BCUT2D eigenvalue weighted by molar-refractivity contribution is 7.91. The van der Waals surface area contributed by atoms with Crippen LogP contribution < -0.4 is 5.32 Å². The van der Waals surface area contributed by atoms with Crippen molar-refractivity contribution in [2.45, 2.75) is 31.3 Å². The third-order valence-electron chi connectivity index (χ3n) is 3.32. The van der Waals surface area contributed by atoms with Crippen LogP contribution in [0.3, 0.4) is 0 Å². The molecule has 0 radical (unpaired) electrons. The van der Waals surface area contributed by atoms with Crippen LogP contribution >= 0.6 is 0 Å². The average molecular weight is 257 g/mol. The van der Waals surface area contributed by atoms with E-state index in [1.165, 1.54) is 0 Å². The van der Waals surface area contributed by atoms with Gasteiger partial charge < -0.3 is 0 Å². The normalized spacial score (nSPS) is 28.2. The van der Waals surface area contributed by atoms with E-state index in [2.05, 4.69) is 16.3 Å². The van der Waals surface area contributed by atoms with Crippen LogP contribution in [0.1, 0.15) is 19.8 Å². The van der Waals surface area contributed by atoms with Crippen LogP contribution in [0.15, 0.2) is 0 Å². The molecule has 1 unspecified atom stereocenters.